The van der Waals surface area contributed by atoms with Crippen molar-refractivity contribution in [1.29, 1.82) is 0 Å². The second-order valence-corrected chi connectivity index (χ2v) is 3.88. The lowest BCUT2D eigenvalue weighted by molar-refractivity contribution is -0.0315. The molecule has 1 saturated carbocycles. The van der Waals surface area contributed by atoms with Crippen molar-refractivity contribution in [1.82, 2.24) is 25.5 Å². The molecule has 1 aliphatic rings. The first kappa shape index (κ1) is 9.54. The molecule has 0 spiro atoms. The third kappa shape index (κ3) is 2.08. The lowest BCUT2D eigenvalue weighted by atomic mass is 9.80. The van der Waals surface area contributed by atoms with Crippen molar-refractivity contribution in [2.75, 3.05) is 6.54 Å². The molecule has 1 aromatic heterocycles. The van der Waals surface area contributed by atoms with Crippen LogP contribution < -0.4 is 5.32 Å². The Morgan fingerprint density at radius 1 is 1.57 bits per heavy atom. The molecule has 14 heavy (non-hydrogen) atoms. The van der Waals surface area contributed by atoms with Crippen LogP contribution in [0.5, 0.6) is 0 Å². The van der Waals surface area contributed by atoms with E-state index in [1.54, 1.807) is 7.05 Å². The third-order valence-corrected chi connectivity index (χ3v) is 2.57. The largest absolute Gasteiger partial charge is 0.389 e. The van der Waals surface area contributed by atoms with Crippen molar-refractivity contribution in [3.63, 3.8) is 0 Å². The maximum atomic E-state index is 9.77. The number of nitrogens with one attached hydrogen (secondary N) is 1. The van der Waals surface area contributed by atoms with Gasteiger partial charge in [-0.1, -0.05) is 0 Å². The quantitative estimate of drug-likeness (QED) is 0.662. The zero-order valence-corrected chi connectivity index (χ0v) is 8.27. The van der Waals surface area contributed by atoms with E-state index in [2.05, 4.69) is 20.7 Å². The average molecular weight is 197 g/mol. The maximum Gasteiger partial charge on any atom is 0.188 e. The van der Waals surface area contributed by atoms with Crippen molar-refractivity contribution in [3.05, 3.63) is 5.82 Å². The highest BCUT2D eigenvalue weighted by Crippen LogP contribution is 2.30. The Balaban J connectivity index is 1.72. The van der Waals surface area contributed by atoms with Crippen LogP contribution in [-0.4, -0.2) is 37.5 Å². The number of nitrogens with zero attached hydrogens (tertiary/aromatic N) is 4. The van der Waals surface area contributed by atoms with Gasteiger partial charge in [-0.05, 0) is 24.5 Å². The summed E-state index contributed by atoms with van der Waals surface area (Å²) in [7, 11) is 1.73. The molecule has 1 heterocycles. The molecule has 1 aliphatic carbocycles. The molecule has 0 saturated heterocycles. The SMILES string of the molecule is Cn1nnc(CNCC2(O)CCC2)n1. The molecule has 2 rings (SSSR count). The van der Waals surface area contributed by atoms with E-state index in [-0.39, 0.29) is 0 Å². The summed E-state index contributed by atoms with van der Waals surface area (Å²) >= 11 is 0. The standard InChI is InChI=1S/C8H15N5O/c1-13-11-7(10-12-13)5-9-6-8(14)3-2-4-8/h9,14H,2-6H2,1H3. The Bertz CT molecular complexity index is 306. The lowest BCUT2D eigenvalue weighted by Gasteiger charge is -2.36. The van der Waals surface area contributed by atoms with E-state index in [9.17, 15) is 5.11 Å². The maximum absolute atomic E-state index is 9.77. The number of aromatic nitrogens is 4. The molecule has 0 unspecified atom stereocenters. The molecule has 2 N–H and O–H groups in total. The van der Waals surface area contributed by atoms with Gasteiger partial charge in [0.2, 0.25) is 0 Å². The van der Waals surface area contributed by atoms with Crippen LogP contribution in [0.25, 0.3) is 0 Å². The second kappa shape index (κ2) is 3.62. The summed E-state index contributed by atoms with van der Waals surface area (Å²) in [6.07, 6.45) is 2.92. The van der Waals surface area contributed by atoms with E-state index in [4.69, 9.17) is 0 Å². The summed E-state index contributed by atoms with van der Waals surface area (Å²) in [5, 5.41) is 24.5. The molecule has 0 radical (unpaired) electrons. The summed E-state index contributed by atoms with van der Waals surface area (Å²) in [6, 6.07) is 0. The highest BCUT2D eigenvalue weighted by Gasteiger charge is 2.33. The van der Waals surface area contributed by atoms with Gasteiger partial charge in [0.25, 0.3) is 0 Å². The molecule has 1 fully saturated rings. The smallest absolute Gasteiger partial charge is 0.188 e. The van der Waals surface area contributed by atoms with Crippen molar-refractivity contribution in [2.24, 2.45) is 7.05 Å². The van der Waals surface area contributed by atoms with Gasteiger partial charge >= 0.3 is 0 Å². The van der Waals surface area contributed by atoms with Gasteiger partial charge in [0, 0.05) is 6.54 Å². The number of rotatable bonds is 4. The van der Waals surface area contributed by atoms with Crippen LogP contribution in [0.2, 0.25) is 0 Å². The van der Waals surface area contributed by atoms with Gasteiger partial charge in [0.1, 0.15) is 0 Å². The lowest BCUT2D eigenvalue weighted by Crippen LogP contribution is -2.46. The Morgan fingerprint density at radius 3 is 2.86 bits per heavy atom. The van der Waals surface area contributed by atoms with Crippen LogP contribution >= 0.6 is 0 Å². The van der Waals surface area contributed by atoms with E-state index >= 15 is 0 Å². The first-order valence-electron chi connectivity index (χ1n) is 4.84. The number of aliphatic hydroxyl groups is 1. The zero-order chi connectivity index (χ0) is 10.0. The molecule has 78 valence electrons. The second-order valence-electron chi connectivity index (χ2n) is 3.88. The van der Waals surface area contributed by atoms with Crippen molar-refractivity contribution in [2.45, 2.75) is 31.4 Å². The van der Waals surface area contributed by atoms with Gasteiger partial charge in [-0.25, -0.2) is 0 Å². The number of hydrogen-bond acceptors (Lipinski definition) is 5. The molecule has 6 nitrogen and oxygen atoms in total. The Hall–Kier alpha value is -1.01. The molecular formula is C8H15N5O. The van der Waals surface area contributed by atoms with E-state index in [1.807, 2.05) is 0 Å². The minimum absolute atomic E-state index is 0.484. The fraction of sp³-hybridized carbons (Fsp3) is 0.875. The molecular weight excluding hydrogens is 182 g/mol. The Kier molecular flexibility index (Phi) is 2.47. The van der Waals surface area contributed by atoms with Gasteiger partial charge in [0.05, 0.1) is 19.2 Å². The van der Waals surface area contributed by atoms with E-state index < -0.39 is 5.60 Å². The van der Waals surface area contributed by atoms with Crippen LogP contribution in [0, 0.1) is 0 Å². The number of aryl methyl sites for hydroxylation is 1. The minimum Gasteiger partial charge on any atom is -0.389 e. The fourth-order valence-corrected chi connectivity index (χ4v) is 1.56. The summed E-state index contributed by atoms with van der Waals surface area (Å²) in [5.41, 5.74) is -0.484. The average Bonchev–Trinajstić information content (AvgIpc) is 2.49. The van der Waals surface area contributed by atoms with Crippen LogP contribution in [0.1, 0.15) is 25.1 Å². The molecule has 0 atom stereocenters. The Morgan fingerprint density at radius 2 is 2.36 bits per heavy atom. The van der Waals surface area contributed by atoms with Crippen LogP contribution in [0.3, 0.4) is 0 Å². The first-order chi connectivity index (χ1) is 6.68. The van der Waals surface area contributed by atoms with E-state index in [0.29, 0.717) is 18.9 Å². The summed E-state index contributed by atoms with van der Waals surface area (Å²) in [4.78, 5) is 1.43. The number of hydrogen-bond donors (Lipinski definition) is 2. The van der Waals surface area contributed by atoms with Gasteiger partial charge in [-0.2, -0.15) is 4.80 Å². The van der Waals surface area contributed by atoms with Gasteiger partial charge in [-0.3, -0.25) is 0 Å². The molecule has 0 aliphatic heterocycles. The van der Waals surface area contributed by atoms with E-state index in [0.717, 1.165) is 19.3 Å². The third-order valence-electron chi connectivity index (χ3n) is 2.57. The molecule has 6 heteroatoms. The van der Waals surface area contributed by atoms with Crippen molar-refractivity contribution >= 4 is 0 Å². The van der Waals surface area contributed by atoms with Crippen LogP contribution in [0.4, 0.5) is 0 Å². The highest BCUT2D eigenvalue weighted by atomic mass is 16.3. The zero-order valence-electron chi connectivity index (χ0n) is 8.27. The summed E-state index contributed by atoms with van der Waals surface area (Å²) in [6.45, 7) is 1.18. The monoisotopic (exact) mass is 197 g/mol. The van der Waals surface area contributed by atoms with Crippen molar-refractivity contribution < 1.29 is 5.11 Å². The molecule has 0 amide bonds. The Labute approximate surface area is 82.3 Å². The number of tetrazole rings is 1. The summed E-state index contributed by atoms with van der Waals surface area (Å²) in [5.74, 6) is 0.662. The van der Waals surface area contributed by atoms with Crippen LogP contribution in [0.15, 0.2) is 0 Å². The first-order valence-corrected chi connectivity index (χ1v) is 4.84. The fourth-order valence-electron chi connectivity index (χ4n) is 1.56. The van der Waals surface area contributed by atoms with Crippen molar-refractivity contribution in [3.8, 4) is 0 Å². The van der Waals surface area contributed by atoms with Gasteiger partial charge < -0.3 is 10.4 Å². The topological polar surface area (TPSA) is 75.9 Å². The molecule has 0 bridgehead atoms. The predicted molar refractivity (Wildman–Crippen MR) is 49.3 cm³/mol. The predicted octanol–water partition coefficient (Wildman–Crippen LogP) is -0.785. The van der Waals surface area contributed by atoms with Gasteiger partial charge in [0.15, 0.2) is 5.82 Å². The minimum atomic E-state index is -0.484. The van der Waals surface area contributed by atoms with Crippen LogP contribution in [-0.2, 0) is 13.6 Å². The summed E-state index contributed by atoms with van der Waals surface area (Å²) < 4.78 is 0. The highest BCUT2D eigenvalue weighted by molar-refractivity contribution is 4.90. The van der Waals surface area contributed by atoms with E-state index in [1.165, 1.54) is 4.80 Å². The molecule has 0 aromatic carbocycles. The van der Waals surface area contributed by atoms with Gasteiger partial charge in [-0.15, -0.1) is 10.2 Å². The normalized spacial score (nSPS) is 19.3. The molecule has 1 aromatic rings.